The van der Waals surface area contributed by atoms with Gasteiger partial charge in [-0.15, -0.1) is 10.2 Å². The summed E-state index contributed by atoms with van der Waals surface area (Å²) in [5, 5.41) is 12.7. The van der Waals surface area contributed by atoms with E-state index in [0.717, 1.165) is 17.8 Å². The van der Waals surface area contributed by atoms with Crippen LogP contribution in [0.1, 0.15) is 43.9 Å². The third-order valence-electron chi connectivity index (χ3n) is 5.09. The Hall–Kier alpha value is -2.97. The van der Waals surface area contributed by atoms with E-state index < -0.39 is 0 Å². The van der Waals surface area contributed by atoms with Crippen molar-refractivity contribution in [2.45, 2.75) is 18.8 Å². The molecule has 0 radical (unpaired) electrons. The topological polar surface area (TPSA) is 84.4 Å². The lowest BCUT2D eigenvalue weighted by atomic mass is 9.98. The molecule has 160 valence electrons. The average Bonchev–Trinajstić information content (AvgIpc) is 3.29. The maximum atomic E-state index is 13.0. The lowest BCUT2D eigenvalue weighted by molar-refractivity contribution is 0.0706. The lowest BCUT2D eigenvalue weighted by Crippen LogP contribution is -2.39. The molecule has 7 nitrogen and oxygen atoms in total. The number of aromatic nitrogens is 2. The highest BCUT2D eigenvalue weighted by atomic mass is 35.5. The highest BCUT2D eigenvalue weighted by Gasteiger charge is 2.28. The van der Waals surface area contributed by atoms with Crippen LogP contribution in [0.25, 0.3) is 0 Å². The molecule has 0 spiro atoms. The van der Waals surface area contributed by atoms with Crippen LogP contribution in [-0.2, 0) is 0 Å². The van der Waals surface area contributed by atoms with Gasteiger partial charge < -0.3 is 15.0 Å². The molecule has 3 aromatic rings. The Morgan fingerprint density at radius 1 is 1.19 bits per heavy atom. The standard InChI is InChI=1S/C22H21ClN4O3S/c1-30-18-9-2-5-14(11-18)22(29)27-10-4-6-15(13-27)20-25-26-21(31-20)19(28)24-17-8-3-7-16(23)12-17/h2-3,5,7-9,11-12,15H,4,6,10,13H2,1H3,(H,24,28)/t15-/m0/s1. The van der Waals surface area contributed by atoms with Crippen LogP contribution in [0, 0.1) is 0 Å². The minimum absolute atomic E-state index is 0.0351. The Balaban J connectivity index is 1.43. The van der Waals surface area contributed by atoms with E-state index in [2.05, 4.69) is 15.5 Å². The molecule has 1 saturated heterocycles. The second-order valence-electron chi connectivity index (χ2n) is 7.23. The largest absolute Gasteiger partial charge is 0.497 e. The summed E-state index contributed by atoms with van der Waals surface area (Å²) in [5.41, 5.74) is 1.20. The van der Waals surface area contributed by atoms with E-state index in [9.17, 15) is 9.59 Å². The zero-order valence-electron chi connectivity index (χ0n) is 16.9. The van der Waals surface area contributed by atoms with Crippen LogP contribution in [0.5, 0.6) is 5.75 Å². The van der Waals surface area contributed by atoms with Crippen LogP contribution in [0.2, 0.25) is 5.02 Å². The molecule has 9 heteroatoms. The Morgan fingerprint density at radius 2 is 2.03 bits per heavy atom. The third-order valence-corrected chi connectivity index (χ3v) is 6.41. The van der Waals surface area contributed by atoms with E-state index in [0.29, 0.717) is 35.1 Å². The van der Waals surface area contributed by atoms with Gasteiger partial charge in [-0.2, -0.15) is 0 Å². The molecule has 1 N–H and O–H groups in total. The van der Waals surface area contributed by atoms with Gasteiger partial charge in [0.2, 0.25) is 5.01 Å². The summed E-state index contributed by atoms with van der Waals surface area (Å²) in [6, 6.07) is 14.1. The number of amides is 2. The molecule has 31 heavy (non-hydrogen) atoms. The highest BCUT2D eigenvalue weighted by molar-refractivity contribution is 7.13. The molecule has 1 aliphatic rings. The molecule has 0 saturated carbocycles. The van der Waals surface area contributed by atoms with Gasteiger partial charge in [-0.3, -0.25) is 9.59 Å². The molecule has 4 rings (SSSR count). The second kappa shape index (κ2) is 9.45. The first kappa shape index (κ1) is 21.3. The first-order valence-corrected chi connectivity index (χ1v) is 11.1. The molecule has 2 aromatic carbocycles. The number of hydrogen-bond acceptors (Lipinski definition) is 6. The number of methoxy groups -OCH3 is 1. The second-order valence-corrected chi connectivity index (χ2v) is 8.68. The fourth-order valence-electron chi connectivity index (χ4n) is 3.54. The fourth-order valence-corrected chi connectivity index (χ4v) is 4.60. The number of carbonyl (C=O) groups is 2. The predicted octanol–water partition coefficient (Wildman–Crippen LogP) is 4.47. The maximum Gasteiger partial charge on any atom is 0.286 e. The molecule has 1 fully saturated rings. The SMILES string of the molecule is COc1cccc(C(=O)N2CCC[C@H](c3nnc(C(=O)Nc4cccc(Cl)c4)s3)C2)c1. The smallest absolute Gasteiger partial charge is 0.286 e. The predicted molar refractivity (Wildman–Crippen MR) is 120 cm³/mol. The van der Waals surface area contributed by atoms with Crippen LogP contribution in [-0.4, -0.2) is 47.1 Å². The number of piperidine rings is 1. The number of ether oxygens (including phenoxy) is 1. The molecule has 1 aromatic heterocycles. The Bertz CT molecular complexity index is 1100. The summed E-state index contributed by atoms with van der Waals surface area (Å²) in [7, 11) is 1.58. The number of halogens is 1. The van der Waals surface area contributed by atoms with Gasteiger partial charge >= 0.3 is 0 Å². The number of rotatable bonds is 5. The summed E-state index contributed by atoms with van der Waals surface area (Å²) in [4.78, 5) is 27.3. The van der Waals surface area contributed by atoms with E-state index in [1.54, 1.807) is 43.5 Å². The van der Waals surface area contributed by atoms with Gasteiger partial charge in [0.25, 0.3) is 11.8 Å². The number of nitrogens with one attached hydrogen (secondary N) is 1. The van der Waals surface area contributed by atoms with Gasteiger partial charge in [-0.1, -0.05) is 35.1 Å². The van der Waals surface area contributed by atoms with Gasteiger partial charge in [0.15, 0.2) is 0 Å². The molecule has 2 heterocycles. The number of likely N-dealkylation sites (tertiary alicyclic amines) is 1. The summed E-state index contributed by atoms with van der Waals surface area (Å²) >= 11 is 7.23. The van der Waals surface area contributed by atoms with E-state index >= 15 is 0 Å². The summed E-state index contributed by atoms with van der Waals surface area (Å²) in [6.07, 6.45) is 1.76. The fraction of sp³-hybridized carbons (Fsp3) is 0.273. The quantitative estimate of drug-likeness (QED) is 0.612. The van der Waals surface area contributed by atoms with Crippen molar-refractivity contribution in [1.82, 2.24) is 15.1 Å². The van der Waals surface area contributed by atoms with Gasteiger partial charge in [0.05, 0.1) is 7.11 Å². The van der Waals surface area contributed by atoms with E-state index in [4.69, 9.17) is 16.3 Å². The molecular weight excluding hydrogens is 436 g/mol. The Morgan fingerprint density at radius 3 is 2.84 bits per heavy atom. The van der Waals surface area contributed by atoms with Gasteiger partial charge in [-0.25, -0.2) is 0 Å². The third kappa shape index (κ3) is 5.03. The number of carbonyl (C=O) groups excluding carboxylic acids is 2. The molecular formula is C22H21ClN4O3S. The molecule has 0 aliphatic carbocycles. The van der Waals surface area contributed by atoms with Crippen molar-refractivity contribution in [2.24, 2.45) is 0 Å². The number of anilines is 1. The minimum Gasteiger partial charge on any atom is -0.497 e. The monoisotopic (exact) mass is 456 g/mol. The molecule has 2 amide bonds. The van der Waals surface area contributed by atoms with Gasteiger partial charge in [0, 0.05) is 35.3 Å². The zero-order valence-corrected chi connectivity index (χ0v) is 18.4. The van der Waals surface area contributed by atoms with Gasteiger partial charge in [0.1, 0.15) is 10.8 Å². The molecule has 0 unspecified atom stereocenters. The van der Waals surface area contributed by atoms with E-state index in [1.165, 1.54) is 11.3 Å². The zero-order chi connectivity index (χ0) is 21.8. The van der Waals surface area contributed by atoms with Crippen molar-refractivity contribution >= 4 is 40.4 Å². The lowest BCUT2D eigenvalue weighted by Gasteiger charge is -2.31. The number of benzene rings is 2. The van der Waals surface area contributed by atoms with Crippen molar-refractivity contribution in [2.75, 3.05) is 25.5 Å². The summed E-state index contributed by atoms with van der Waals surface area (Å²) < 4.78 is 5.22. The van der Waals surface area contributed by atoms with Crippen molar-refractivity contribution in [1.29, 1.82) is 0 Å². The van der Waals surface area contributed by atoms with E-state index in [-0.39, 0.29) is 22.7 Å². The highest BCUT2D eigenvalue weighted by Crippen LogP contribution is 2.30. The van der Waals surface area contributed by atoms with Crippen LogP contribution in [0.3, 0.4) is 0 Å². The molecule has 0 bridgehead atoms. The summed E-state index contributed by atoms with van der Waals surface area (Å²) in [6.45, 7) is 1.23. The van der Waals surface area contributed by atoms with Crippen molar-refractivity contribution in [3.05, 3.63) is 69.1 Å². The number of hydrogen-bond donors (Lipinski definition) is 1. The van der Waals surface area contributed by atoms with Crippen LogP contribution in [0.4, 0.5) is 5.69 Å². The first-order valence-electron chi connectivity index (χ1n) is 9.87. The molecule has 1 atom stereocenters. The number of nitrogens with zero attached hydrogens (tertiary/aromatic N) is 3. The van der Waals surface area contributed by atoms with Crippen molar-refractivity contribution < 1.29 is 14.3 Å². The summed E-state index contributed by atoms with van der Waals surface area (Å²) in [5.74, 6) is 0.339. The van der Waals surface area contributed by atoms with Crippen molar-refractivity contribution in [3.8, 4) is 5.75 Å². The minimum atomic E-state index is -0.328. The average molecular weight is 457 g/mol. The maximum absolute atomic E-state index is 13.0. The molecule has 1 aliphatic heterocycles. The normalized spacial score (nSPS) is 16.1. The van der Waals surface area contributed by atoms with Crippen molar-refractivity contribution in [3.63, 3.8) is 0 Å². The Kier molecular flexibility index (Phi) is 6.48. The van der Waals surface area contributed by atoms with Crippen LogP contribution >= 0.6 is 22.9 Å². The van der Waals surface area contributed by atoms with E-state index in [1.807, 2.05) is 17.0 Å². The van der Waals surface area contributed by atoms with Crippen LogP contribution in [0.15, 0.2) is 48.5 Å². The van der Waals surface area contributed by atoms with Crippen LogP contribution < -0.4 is 10.1 Å². The van der Waals surface area contributed by atoms with Gasteiger partial charge in [-0.05, 0) is 49.2 Å². The Labute approximate surface area is 189 Å². The first-order chi connectivity index (χ1) is 15.0.